The number of benzene rings is 2. The highest BCUT2D eigenvalue weighted by molar-refractivity contribution is 5.84. The Kier molecular flexibility index (Phi) is 5.69. The average Bonchev–Trinajstić information content (AvgIpc) is 3.44. The monoisotopic (exact) mass is 418 g/mol. The van der Waals surface area contributed by atoms with Crippen molar-refractivity contribution in [1.82, 2.24) is 35.4 Å². The van der Waals surface area contributed by atoms with E-state index in [9.17, 15) is 9.90 Å². The van der Waals surface area contributed by atoms with Gasteiger partial charge in [0.15, 0.2) is 0 Å². The van der Waals surface area contributed by atoms with Crippen LogP contribution in [0.1, 0.15) is 29.5 Å². The normalized spacial score (nSPS) is 10.9. The number of anilines is 1. The van der Waals surface area contributed by atoms with Gasteiger partial charge in [-0.05, 0) is 28.3 Å². The minimum absolute atomic E-state index is 0.0791. The van der Waals surface area contributed by atoms with Crippen LogP contribution in [0.15, 0.2) is 48.5 Å². The Labute approximate surface area is 178 Å². The molecular weight excluding hydrogens is 396 g/mol. The molecule has 0 saturated heterocycles. The second-order valence-electron chi connectivity index (χ2n) is 7.09. The van der Waals surface area contributed by atoms with Crippen LogP contribution in [0.4, 0.5) is 5.95 Å². The van der Waals surface area contributed by atoms with E-state index in [2.05, 4.69) is 62.0 Å². The maximum Gasteiger partial charge on any atom is 0.374 e. The highest BCUT2D eigenvalue weighted by Crippen LogP contribution is 2.30. The molecule has 0 spiro atoms. The molecule has 0 unspecified atom stereocenters. The van der Waals surface area contributed by atoms with Gasteiger partial charge in [0.25, 0.3) is 0 Å². The summed E-state index contributed by atoms with van der Waals surface area (Å²) in [5.74, 6) is -0.0945. The molecule has 0 aliphatic rings. The maximum atomic E-state index is 11.3. The van der Waals surface area contributed by atoms with Crippen molar-refractivity contribution in [3.05, 3.63) is 59.9 Å². The van der Waals surface area contributed by atoms with Gasteiger partial charge in [-0.3, -0.25) is 4.57 Å². The van der Waals surface area contributed by atoms with Crippen LogP contribution in [0, 0.1) is 0 Å². The zero-order valence-corrected chi connectivity index (χ0v) is 17.2. The molecule has 2 aromatic heterocycles. The smallest absolute Gasteiger partial charge is 0.374 e. The van der Waals surface area contributed by atoms with Gasteiger partial charge in [0, 0.05) is 25.7 Å². The lowest BCUT2D eigenvalue weighted by molar-refractivity contribution is 0.0679. The molecule has 0 atom stereocenters. The van der Waals surface area contributed by atoms with Gasteiger partial charge >= 0.3 is 5.97 Å². The predicted octanol–water partition coefficient (Wildman–Crippen LogP) is 2.78. The highest BCUT2D eigenvalue weighted by atomic mass is 16.4. The fourth-order valence-electron chi connectivity index (χ4n) is 3.52. The predicted molar refractivity (Wildman–Crippen MR) is 114 cm³/mol. The van der Waals surface area contributed by atoms with E-state index in [-0.39, 0.29) is 5.82 Å². The van der Waals surface area contributed by atoms with Crippen LogP contribution in [0.3, 0.4) is 0 Å². The van der Waals surface area contributed by atoms with E-state index in [4.69, 9.17) is 0 Å². The van der Waals surface area contributed by atoms with Gasteiger partial charge in [0.2, 0.25) is 17.6 Å². The molecule has 2 heterocycles. The van der Waals surface area contributed by atoms with Crippen LogP contribution in [0.2, 0.25) is 0 Å². The summed E-state index contributed by atoms with van der Waals surface area (Å²) in [4.78, 5) is 13.3. The van der Waals surface area contributed by atoms with Crippen molar-refractivity contribution in [3.63, 3.8) is 0 Å². The minimum Gasteiger partial charge on any atom is -0.475 e. The van der Waals surface area contributed by atoms with Crippen molar-refractivity contribution in [2.75, 3.05) is 11.4 Å². The molecular formula is C21H22N8O2. The van der Waals surface area contributed by atoms with E-state index >= 15 is 0 Å². The summed E-state index contributed by atoms with van der Waals surface area (Å²) in [6.07, 6.45) is 0.894. The molecule has 2 aromatic carbocycles. The Hall–Kier alpha value is -4.08. The molecule has 0 aliphatic carbocycles. The Balaban J connectivity index is 1.59. The summed E-state index contributed by atoms with van der Waals surface area (Å²) in [5, 5.41) is 31.5. The Morgan fingerprint density at radius 1 is 1.06 bits per heavy atom. The Bertz CT molecular complexity index is 1170. The lowest BCUT2D eigenvalue weighted by Gasteiger charge is -2.23. The first-order valence-corrected chi connectivity index (χ1v) is 9.88. The van der Waals surface area contributed by atoms with Crippen molar-refractivity contribution in [2.45, 2.75) is 19.9 Å². The van der Waals surface area contributed by atoms with E-state index in [0.29, 0.717) is 18.3 Å². The largest absolute Gasteiger partial charge is 0.475 e. The quantitative estimate of drug-likeness (QED) is 0.447. The van der Waals surface area contributed by atoms with E-state index < -0.39 is 5.97 Å². The van der Waals surface area contributed by atoms with Gasteiger partial charge in [0.1, 0.15) is 0 Å². The van der Waals surface area contributed by atoms with Crippen molar-refractivity contribution < 1.29 is 9.90 Å². The molecule has 0 bridgehead atoms. The average molecular weight is 418 g/mol. The molecule has 31 heavy (non-hydrogen) atoms. The fraction of sp³-hybridized carbons (Fsp3) is 0.238. The van der Waals surface area contributed by atoms with E-state index in [1.165, 1.54) is 4.57 Å². The summed E-state index contributed by atoms with van der Waals surface area (Å²) >= 11 is 0. The number of nitrogens with zero attached hydrogens (tertiary/aromatic N) is 7. The summed E-state index contributed by atoms with van der Waals surface area (Å²) in [6.45, 7) is 3.39. The molecule has 4 rings (SSSR count). The number of aromatic nitrogens is 7. The second-order valence-corrected chi connectivity index (χ2v) is 7.09. The third-order valence-corrected chi connectivity index (χ3v) is 4.97. The van der Waals surface area contributed by atoms with E-state index in [1.54, 1.807) is 7.05 Å². The van der Waals surface area contributed by atoms with Crippen LogP contribution >= 0.6 is 0 Å². The fourth-order valence-corrected chi connectivity index (χ4v) is 3.52. The number of aromatic carboxylic acids is 1. The Morgan fingerprint density at radius 3 is 2.42 bits per heavy atom. The number of carboxylic acids is 1. The van der Waals surface area contributed by atoms with Crippen LogP contribution in [-0.4, -0.2) is 53.0 Å². The maximum absolute atomic E-state index is 11.3. The third-order valence-electron chi connectivity index (χ3n) is 4.97. The summed E-state index contributed by atoms with van der Waals surface area (Å²) in [6, 6.07) is 16.1. The highest BCUT2D eigenvalue weighted by Gasteiger charge is 2.19. The molecule has 0 radical (unpaired) electrons. The van der Waals surface area contributed by atoms with E-state index in [1.807, 2.05) is 29.2 Å². The number of aromatic amines is 1. The number of carboxylic acid groups (broad SMARTS) is 1. The number of hydrogen-bond acceptors (Lipinski definition) is 7. The van der Waals surface area contributed by atoms with Crippen molar-refractivity contribution >= 4 is 11.9 Å². The number of hydrogen-bond donors (Lipinski definition) is 2. The molecule has 10 nitrogen and oxygen atoms in total. The topological polar surface area (TPSA) is 126 Å². The van der Waals surface area contributed by atoms with Gasteiger partial charge in [-0.2, -0.15) is 5.21 Å². The first-order valence-electron chi connectivity index (χ1n) is 9.88. The second kappa shape index (κ2) is 8.74. The third kappa shape index (κ3) is 4.13. The zero-order valence-electron chi connectivity index (χ0n) is 17.2. The lowest BCUT2D eigenvalue weighted by Crippen LogP contribution is -2.26. The van der Waals surface area contributed by atoms with E-state index in [0.717, 1.165) is 35.2 Å². The number of rotatable bonds is 8. The molecule has 0 fully saturated rings. The molecule has 0 amide bonds. The zero-order chi connectivity index (χ0) is 21.8. The summed E-state index contributed by atoms with van der Waals surface area (Å²) in [7, 11) is 1.67. The van der Waals surface area contributed by atoms with Crippen LogP contribution in [0.5, 0.6) is 0 Å². The first-order chi connectivity index (χ1) is 15.1. The summed E-state index contributed by atoms with van der Waals surface area (Å²) < 4.78 is 1.51. The van der Waals surface area contributed by atoms with Gasteiger partial charge < -0.3 is 10.0 Å². The van der Waals surface area contributed by atoms with Gasteiger partial charge in [-0.15, -0.1) is 20.4 Å². The number of tetrazole rings is 1. The number of nitrogens with one attached hydrogen (secondary N) is 1. The molecule has 0 saturated carbocycles. The first kappa shape index (κ1) is 20.2. The molecule has 10 heteroatoms. The van der Waals surface area contributed by atoms with Gasteiger partial charge in [-0.1, -0.05) is 55.5 Å². The van der Waals surface area contributed by atoms with Gasteiger partial charge in [0.05, 0.1) is 0 Å². The van der Waals surface area contributed by atoms with Gasteiger partial charge in [-0.25, -0.2) is 4.79 Å². The van der Waals surface area contributed by atoms with Crippen molar-refractivity contribution in [2.24, 2.45) is 7.05 Å². The van der Waals surface area contributed by atoms with Crippen LogP contribution in [0.25, 0.3) is 22.5 Å². The van der Waals surface area contributed by atoms with Crippen molar-refractivity contribution in [1.29, 1.82) is 0 Å². The number of carbonyl (C=O) groups is 1. The molecule has 158 valence electrons. The standard InChI is InChI=1S/C21H22N8O2/c1-3-12-29(21-25-24-19(20(30)31)28(21)2)13-14-8-10-15(11-9-14)16-6-4-5-7-17(16)18-22-26-27-23-18/h4-11H,3,12-13H2,1-2H3,(H,30,31)(H,22,23,26,27). The minimum atomic E-state index is -1.10. The summed E-state index contributed by atoms with van der Waals surface area (Å²) in [5.41, 5.74) is 4.03. The Morgan fingerprint density at radius 2 is 1.81 bits per heavy atom. The van der Waals surface area contributed by atoms with Crippen molar-refractivity contribution in [3.8, 4) is 22.5 Å². The van der Waals surface area contributed by atoms with Crippen LogP contribution in [-0.2, 0) is 13.6 Å². The lowest BCUT2D eigenvalue weighted by atomic mass is 9.98. The number of H-pyrrole nitrogens is 1. The van der Waals surface area contributed by atoms with Crippen LogP contribution < -0.4 is 4.90 Å². The molecule has 4 aromatic rings. The SMILES string of the molecule is CCCN(Cc1ccc(-c2ccccc2-c2nn[nH]n2)cc1)c1nnc(C(=O)O)n1C. The molecule has 0 aliphatic heterocycles. The molecule has 2 N–H and O–H groups in total.